The molecule has 5 heteroatoms. The molecule has 0 radical (unpaired) electrons. The second-order valence-corrected chi connectivity index (χ2v) is 5.49. The van der Waals surface area contributed by atoms with E-state index in [-0.39, 0.29) is 11.8 Å². The highest BCUT2D eigenvalue weighted by Crippen LogP contribution is 2.18. The van der Waals surface area contributed by atoms with Gasteiger partial charge in [0.25, 0.3) is 5.91 Å². The van der Waals surface area contributed by atoms with Gasteiger partial charge in [0.1, 0.15) is 6.04 Å². The summed E-state index contributed by atoms with van der Waals surface area (Å²) in [6.45, 7) is 5.63. The van der Waals surface area contributed by atoms with E-state index in [1.165, 1.54) is 0 Å². The summed E-state index contributed by atoms with van der Waals surface area (Å²) < 4.78 is 0.829. The summed E-state index contributed by atoms with van der Waals surface area (Å²) in [5, 5.41) is 11.7. The van der Waals surface area contributed by atoms with Gasteiger partial charge in [0.05, 0.1) is 0 Å². The Morgan fingerprint density at radius 2 is 2.05 bits per heavy atom. The topological polar surface area (TPSA) is 66.4 Å². The fourth-order valence-corrected chi connectivity index (χ4v) is 2.02. The van der Waals surface area contributed by atoms with Gasteiger partial charge in [-0.2, -0.15) is 0 Å². The first-order valence-electron chi connectivity index (χ1n) is 6.16. The summed E-state index contributed by atoms with van der Waals surface area (Å²) in [4.78, 5) is 23.2. The Bertz CT molecular complexity index is 488. The van der Waals surface area contributed by atoms with E-state index in [1.807, 2.05) is 26.8 Å². The molecule has 0 saturated carbocycles. The van der Waals surface area contributed by atoms with Crippen LogP contribution in [0.15, 0.2) is 22.7 Å². The van der Waals surface area contributed by atoms with E-state index in [2.05, 4.69) is 21.2 Å². The number of carbonyl (C=O) groups is 2. The molecule has 4 nitrogen and oxygen atoms in total. The number of benzene rings is 1. The van der Waals surface area contributed by atoms with Crippen molar-refractivity contribution in [2.45, 2.75) is 33.2 Å². The minimum atomic E-state index is -1.01. The Labute approximate surface area is 121 Å². The van der Waals surface area contributed by atoms with Crippen molar-refractivity contribution in [1.29, 1.82) is 0 Å². The first-order valence-corrected chi connectivity index (χ1v) is 6.96. The number of hydrogen-bond acceptors (Lipinski definition) is 2. The number of rotatable bonds is 5. The maximum atomic E-state index is 12.0. The molecule has 104 valence electrons. The Morgan fingerprint density at radius 3 is 2.53 bits per heavy atom. The fourth-order valence-electron chi connectivity index (χ4n) is 1.64. The van der Waals surface area contributed by atoms with E-state index in [4.69, 9.17) is 5.11 Å². The highest BCUT2D eigenvalue weighted by Gasteiger charge is 2.25. The van der Waals surface area contributed by atoms with Gasteiger partial charge in [0.2, 0.25) is 0 Å². The highest BCUT2D eigenvalue weighted by molar-refractivity contribution is 9.10. The molecule has 1 amide bonds. The van der Waals surface area contributed by atoms with Crippen molar-refractivity contribution in [3.8, 4) is 0 Å². The van der Waals surface area contributed by atoms with Crippen molar-refractivity contribution in [2.75, 3.05) is 0 Å². The number of carboxylic acids is 1. The molecule has 0 saturated heterocycles. The van der Waals surface area contributed by atoms with Crippen LogP contribution in [-0.2, 0) is 4.79 Å². The fraction of sp³-hybridized carbons (Fsp3) is 0.429. The van der Waals surface area contributed by atoms with Crippen LogP contribution in [0.3, 0.4) is 0 Å². The van der Waals surface area contributed by atoms with Gasteiger partial charge in [-0.05, 0) is 30.5 Å². The van der Waals surface area contributed by atoms with Gasteiger partial charge < -0.3 is 10.4 Å². The van der Waals surface area contributed by atoms with Crippen LogP contribution in [0.25, 0.3) is 0 Å². The molecule has 0 aromatic heterocycles. The lowest BCUT2D eigenvalue weighted by Gasteiger charge is -2.20. The lowest BCUT2D eigenvalue weighted by molar-refractivity contribution is -0.140. The number of carboxylic acid groups (broad SMARTS) is 1. The van der Waals surface area contributed by atoms with Crippen LogP contribution in [0.5, 0.6) is 0 Å². The minimum Gasteiger partial charge on any atom is -0.480 e. The summed E-state index contributed by atoms with van der Waals surface area (Å²) in [7, 11) is 0. The van der Waals surface area contributed by atoms with Crippen LogP contribution in [0, 0.1) is 12.8 Å². The number of carbonyl (C=O) groups excluding carboxylic acids is 1. The van der Waals surface area contributed by atoms with Gasteiger partial charge in [0, 0.05) is 10.0 Å². The van der Waals surface area contributed by atoms with Crippen molar-refractivity contribution in [3.63, 3.8) is 0 Å². The zero-order valence-electron chi connectivity index (χ0n) is 11.2. The molecule has 0 bridgehead atoms. The lowest BCUT2D eigenvalue weighted by atomic mass is 9.99. The van der Waals surface area contributed by atoms with Gasteiger partial charge >= 0.3 is 5.97 Å². The monoisotopic (exact) mass is 327 g/mol. The first-order chi connectivity index (χ1) is 8.86. The molecule has 0 aliphatic carbocycles. The predicted molar refractivity (Wildman–Crippen MR) is 77.2 cm³/mol. The quantitative estimate of drug-likeness (QED) is 0.873. The van der Waals surface area contributed by atoms with Crippen molar-refractivity contribution >= 4 is 27.8 Å². The van der Waals surface area contributed by atoms with E-state index in [9.17, 15) is 9.59 Å². The average Bonchev–Trinajstić information content (AvgIpc) is 2.37. The first kappa shape index (κ1) is 15.7. The van der Waals surface area contributed by atoms with E-state index < -0.39 is 12.0 Å². The molecular formula is C14H18BrNO3. The molecule has 0 heterocycles. The number of amides is 1. The second-order valence-electron chi connectivity index (χ2n) is 4.64. The maximum Gasteiger partial charge on any atom is 0.326 e. The smallest absolute Gasteiger partial charge is 0.326 e. The van der Waals surface area contributed by atoms with Crippen molar-refractivity contribution < 1.29 is 14.7 Å². The molecule has 0 unspecified atom stereocenters. The largest absolute Gasteiger partial charge is 0.480 e. The Balaban J connectivity index is 2.87. The van der Waals surface area contributed by atoms with Crippen LogP contribution in [-0.4, -0.2) is 23.0 Å². The van der Waals surface area contributed by atoms with Gasteiger partial charge in [-0.1, -0.05) is 42.3 Å². The van der Waals surface area contributed by atoms with Crippen LogP contribution in [0.4, 0.5) is 0 Å². The molecule has 2 N–H and O–H groups in total. The molecule has 0 fully saturated rings. The van der Waals surface area contributed by atoms with Crippen LogP contribution < -0.4 is 5.32 Å². The SMILES string of the molecule is CC[C@H](C)[C@H](NC(=O)c1ccc(C)c(Br)c1)C(=O)O. The Hall–Kier alpha value is -1.36. The maximum absolute atomic E-state index is 12.0. The zero-order chi connectivity index (χ0) is 14.6. The van der Waals surface area contributed by atoms with Crippen molar-refractivity contribution in [3.05, 3.63) is 33.8 Å². The summed E-state index contributed by atoms with van der Waals surface area (Å²) in [5.74, 6) is -1.49. The zero-order valence-corrected chi connectivity index (χ0v) is 12.8. The molecule has 19 heavy (non-hydrogen) atoms. The molecule has 0 aliphatic rings. The van der Waals surface area contributed by atoms with E-state index in [0.29, 0.717) is 12.0 Å². The van der Waals surface area contributed by atoms with Crippen LogP contribution >= 0.6 is 15.9 Å². The van der Waals surface area contributed by atoms with Crippen LogP contribution in [0.1, 0.15) is 36.2 Å². The van der Waals surface area contributed by atoms with Crippen LogP contribution in [0.2, 0.25) is 0 Å². The van der Waals surface area contributed by atoms with Gasteiger partial charge in [-0.25, -0.2) is 4.79 Å². The van der Waals surface area contributed by atoms with Gasteiger partial charge in [-0.15, -0.1) is 0 Å². The number of aliphatic carboxylic acids is 1. The second kappa shape index (κ2) is 6.70. The third kappa shape index (κ3) is 4.06. The number of aryl methyl sites for hydroxylation is 1. The molecule has 2 atom stereocenters. The Morgan fingerprint density at radius 1 is 1.42 bits per heavy atom. The van der Waals surface area contributed by atoms with Gasteiger partial charge in [0.15, 0.2) is 0 Å². The summed E-state index contributed by atoms with van der Waals surface area (Å²) in [6.07, 6.45) is 0.689. The normalized spacial score (nSPS) is 13.7. The number of nitrogens with one attached hydrogen (secondary N) is 1. The molecule has 1 rings (SSSR count). The van der Waals surface area contributed by atoms with Gasteiger partial charge in [-0.3, -0.25) is 4.79 Å². The van der Waals surface area contributed by atoms with E-state index in [0.717, 1.165) is 10.0 Å². The molecular weight excluding hydrogens is 310 g/mol. The highest BCUT2D eigenvalue weighted by atomic mass is 79.9. The number of halogens is 1. The molecule has 1 aromatic carbocycles. The average molecular weight is 328 g/mol. The standard InChI is InChI=1S/C14H18BrNO3/c1-4-8(2)12(14(18)19)16-13(17)10-6-5-9(3)11(15)7-10/h5-8,12H,4H2,1-3H3,(H,16,17)(H,18,19)/t8-,12-/m0/s1. The lowest BCUT2D eigenvalue weighted by Crippen LogP contribution is -2.45. The number of hydrogen-bond donors (Lipinski definition) is 2. The van der Waals surface area contributed by atoms with Crippen molar-refractivity contribution in [2.24, 2.45) is 5.92 Å². The van der Waals surface area contributed by atoms with Crippen molar-refractivity contribution in [1.82, 2.24) is 5.32 Å². The third-order valence-corrected chi connectivity index (χ3v) is 4.05. The summed E-state index contributed by atoms with van der Waals surface area (Å²) in [5.41, 5.74) is 1.47. The third-order valence-electron chi connectivity index (χ3n) is 3.20. The minimum absolute atomic E-state index is 0.115. The molecule has 0 spiro atoms. The molecule has 1 aromatic rings. The van der Waals surface area contributed by atoms with E-state index >= 15 is 0 Å². The predicted octanol–water partition coefficient (Wildman–Crippen LogP) is 2.99. The Kier molecular flexibility index (Phi) is 5.54. The molecule has 0 aliphatic heterocycles. The summed E-state index contributed by atoms with van der Waals surface area (Å²) in [6, 6.07) is 4.33. The summed E-state index contributed by atoms with van der Waals surface area (Å²) >= 11 is 3.36. The van der Waals surface area contributed by atoms with E-state index in [1.54, 1.807) is 12.1 Å².